The Morgan fingerprint density at radius 3 is 2.89 bits per heavy atom. The van der Waals surface area contributed by atoms with E-state index in [0.717, 1.165) is 12.8 Å². The lowest BCUT2D eigenvalue weighted by Crippen LogP contribution is -2.45. The molecule has 50 valence electrons. The first kappa shape index (κ1) is 6.77. The van der Waals surface area contributed by atoms with Gasteiger partial charge in [0.1, 0.15) is 20.2 Å². The fourth-order valence-corrected chi connectivity index (χ4v) is 0.904. The van der Waals surface area contributed by atoms with Gasteiger partial charge in [-0.05, 0) is 0 Å². The molecule has 0 saturated carbocycles. The average Bonchev–Trinajstić information content (AvgIpc) is 1.88. The van der Waals surface area contributed by atoms with Gasteiger partial charge in [0.05, 0.1) is 0 Å². The fourth-order valence-electron chi connectivity index (χ4n) is 0.904. The van der Waals surface area contributed by atoms with Crippen LogP contribution in [0.4, 0.5) is 0 Å². The van der Waals surface area contributed by atoms with Gasteiger partial charge in [-0.15, -0.1) is 0 Å². The van der Waals surface area contributed by atoms with Crippen LogP contribution in [-0.2, 0) is 9.53 Å². The number of nitrogens with one attached hydrogen (secondary N) is 1. The normalized spacial score (nSPS) is 36.0. The van der Waals surface area contributed by atoms with Crippen LogP contribution in [0.1, 0.15) is 0 Å². The average molecular weight is 127 g/mol. The molecule has 0 spiro atoms. The van der Waals surface area contributed by atoms with Crippen molar-refractivity contribution in [2.24, 2.45) is 0 Å². The Morgan fingerprint density at radius 2 is 2.44 bits per heavy atom. The molecule has 1 heterocycles. The summed E-state index contributed by atoms with van der Waals surface area (Å²) < 4.78 is 5.20. The molecule has 9 heavy (non-hydrogen) atoms. The second-order valence-electron chi connectivity index (χ2n) is 2.28. The van der Waals surface area contributed by atoms with E-state index >= 15 is 0 Å². The maximum atomic E-state index is 10.1. The molecule has 0 aromatic carbocycles. The van der Waals surface area contributed by atoms with Gasteiger partial charge in [-0.3, -0.25) is 0 Å². The van der Waals surface area contributed by atoms with Crippen LogP contribution in [0, 0.1) is 0 Å². The summed E-state index contributed by atoms with van der Waals surface area (Å²) in [6.07, 6.45) is 0.608. The van der Waals surface area contributed by atoms with Crippen molar-refractivity contribution in [3.63, 3.8) is 0 Å². The first-order valence-corrected chi connectivity index (χ1v) is 3.14. The van der Waals surface area contributed by atoms with Crippen molar-refractivity contribution in [2.45, 2.75) is 12.1 Å². The van der Waals surface area contributed by atoms with Gasteiger partial charge in [-0.1, -0.05) is 0 Å². The van der Waals surface area contributed by atoms with Gasteiger partial charge >= 0.3 is 0 Å². The van der Waals surface area contributed by atoms with Crippen LogP contribution in [0.25, 0.3) is 0 Å². The van der Waals surface area contributed by atoms with Crippen LogP contribution in [-0.4, -0.2) is 39.3 Å². The predicted octanol–water partition coefficient (Wildman–Crippen LogP) is -1.87. The number of carbonyl (C=O) groups excluding carboxylic acids is 1. The topological polar surface area (TPSA) is 38.3 Å². The molecule has 0 radical (unpaired) electrons. The smallest absolute Gasteiger partial charge is 0.150 e. The zero-order chi connectivity index (χ0) is 6.69. The van der Waals surface area contributed by atoms with E-state index in [0.29, 0.717) is 6.54 Å². The third-order valence-electron chi connectivity index (χ3n) is 1.34. The minimum Gasteiger partial charge on any atom is -0.374 e. The number of hydrogen-bond donors (Lipinski definition) is 1. The predicted molar refractivity (Wildman–Crippen MR) is 36.1 cm³/mol. The summed E-state index contributed by atoms with van der Waals surface area (Å²) >= 11 is 0. The van der Waals surface area contributed by atoms with E-state index in [-0.39, 0.29) is 12.1 Å². The molecule has 0 amide bonds. The van der Waals surface area contributed by atoms with E-state index in [9.17, 15) is 4.79 Å². The van der Waals surface area contributed by atoms with E-state index in [2.05, 4.69) is 5.32 Å². The molecule has 1 fully saturated rings. The lowest BCUT2D eigenvalue weighted by atomic mass is 9.99. The van der Waals surface area contributed by atoms with Crippen molar-refractivity contribution in [1.29, 1.82) is 0 Å². The van der Waals surface area contributed by atoms with Crippen LogP contribution >= 0.6 is 0 Å². The van der Waals surface area contributed by atoms with Crippen LogP contribution in [0.5, 0.6) is 0 Å². The standard InChI is InChI=1S/C5H10BNO2/c6-5-2-7-1-4(3-8)9-5/h3-5,7H,1-2,6H2. The van der Waals surface area contributed by atoms with Crippen LogP contribution in [0.3, 0.4) is 0 Å². The largest absolute Gasteiger partial charge is 0.374 e. The Labute approximate surface area is 55.2 Å². The highest BCUT2D eigenvalue weighted by molar-refractivity contribution is 6.11. The maximum Gasteiger partial charge on any atom is 0.150 e. The number of ether oxygens (including phenoxy) is 1. The summed E-state index contributed by atoms with van der Waals surface area (Å²) in [6.45, 7) is 1.51. The van der Waals surface area contributed by atoms with Crippen molar-refractivity contribution in [3.8, 4) is 0 Å². The van der Waals surface area contributed by atoms with Gasteiger partial charge in [-0.2, -0.15) is 0 Å². The number of morpholine rings is 1. The number of rotatable bonds is 1. The molecule has 0 bridgehead atoms. The molecule has 3 nitrogen and oxygen atoms in total. The summed E-state index contributed by atoms with van der Waals surface area (Å²) in [5, 5.41) is 3.08. The van der Waals surface area contributed by atoms with Gasteiger partial charge in [0, 0.05) is 19.1 Å². The van der Waals surface area contributed by atoms with E-state index in [1.807, 2.05) is 7.85 Å². The molecule has 1 aliphatic rings. The minimum atomic E-state index is -0.228. The molecule has 0 aromatic rings. The van der Waals surface area contributed by atoms with Gasteiger partial charge in [0.15, 0.2) is 0 Å². The summed E-state index contributed by atoms with van der Waals surface area (Å²) in [6, 6.07) is 0.175. The van der Waals surface area contributed by atoms with Crippen molar-refractivity contribution < 1.29 is 9.53 Å². The fraction of sp³-hybridized carbons (Fsp3) is 0.800. The van der Waals surface area contributed by atoms with Crippen LogP contribution in [0.15, 0.2) is 0 Å². The highest BCUT2D eigenvalue weighted by atomic mass is 16.5. The Hall–Kier alpha value is -0.345. The van der Waals surface area contributed by atoms with Gasteiger partial charge < -0.3 is 14.8 Å². The molecule has 4 heteroatoms. The van der Waals surface area contributed by atoms with E-state index in [1.54, 1.807) is 0 Å². The molecular formula is C5H10BNO2. The number of carbonyl (C=O) groups is 1. The number of hydrogen-bond acceptors (Lipinski definition) is 3. The Balaban J connectivity index is 2.31. The lowest BCUT2D eigenvalue weighted by molar-refractivity contribution is -0.120. The van der Waals surface area contributed by atoms with E-state index in [4.69, 9.17) is 4.74 Å². The van der Waals surface area contributed by atoms with E-state index < -0.39 is 0 Å². The van der Waals surface area contributed by atoms with Crippen LogP contribution < -0.4 is 5.32 Å². The quantitative estimate of drug-likeness (QED) is 0.331. The highest BCUT2D eigenvalue weighted by Gasteiger charge is 2.16. The van der Waals surface area contributed by atoms with Gasteiger partial charge in [0.25, 0.3) is 0 Å². The van der Waals surface area contributed by atoms with Crippen molar-refractivity contribution in [3.05, 3.63) is 0 Å². The Kier molecular flexibility index (Phi) is 2.25. The van der Waals surface area contributed by atoms with Crippen molar-refractivity contribution in [2.75, 3.05) is 13.1 Å². The lowest BCUT2D eigenvalue weighted by Gasteiger charge is -2.24. The summed E-state index contributed by atoms with van der Waals surface area (Å²) in [5.41, 5.74) is 0. The van der Waals surface area contributed by atoms with Crippen molar-refractivity contribution in [1.82, 2.24) is 5.32 Å². The summed E-state index contributed by atoms with van der Waals surface area (Å²) in [7, 11) is 1.95. The molecule has 1 rings (SSSR count). The summed E-state index contributed by atoms with van der Waals surface area (Å²) in [5.74, 6) is 0. The molecule has 2 atom stereocenters. The van der Waals surface area contributed by atoms with Crippen molar-refractivity contribution >= 4 is 14.1 Å². The second-order valence-corrected chi connectivity index (χ2v) is 2.28. The first-order chi connectivity index (χ1) is 4.33. The Bertz CT molecular complexity index is 109. The molecule has 2 unspecified atom stereocenters. The molecule has 0 aliphatic carbocycles. The molecule has 0 aromatic heterocycles. The highest BCUT2D eigenvalue weighted by Crippen LogP contribution is 1.96. The maximum absolute atomic E-state index is 10.1. The molecule has 1 saturated heterocycles. The summed E-state index contributed by atoms with van der Waals surface area (Å²) in [4.78, 5) is 10.1. The molecule has 1 aliphatic heterocycles. The van der Waals surface area contributed by atoms with E-state index in [1.165, 1.54) is 0 Å². The van der Waals surface area contributed by atoms with Gasteiger partial charge in [0.2, 0.25) is 0 Å². The van der Waals surface area contributed by atoms with Crippen LogP contribution in [0.2, 0.25) is 0 Å². The second kappa shape index (κ2) is 2.99. The SMILES string of the molecule is BC1CNCC(C=O)O1. The molecular weight excluding hydrogens is 117 g/mol. The van der Waals surface area contributed by atoms with Gasteiger partial charge in [-0.25, -0.2) is 0 Å². The molecule has 1 N–H and O–H groups in total. The number of aldehydes is 1. The third-order valence-corrected chi connectivity index (χ3v) is 1.34. The Morgan fingerprint density at radius 1 is 1.67 bits per heavy atom. The monoisotopic (exact) mass is 127 g/mol. The minimum absolute atomic E-state index is 0.175. The zero-order valence-corrected chi connectivity index (χ0v) is 5.46. The first-order valence-electron chi connectivity index (χ1n) is 3.14. The zero-order valence-electron chi connectivity index (χ0n) is 5.46. The third kappa shape index (κ3) is 1.80.